The summed E-state index contributed by atoms with van der Waals surface area (Å²) in [5, 5.41) is 4.87. The first-order chi connectivity index (χ1) is 10.4. The highest BCUT2D eigenvalue weighted by molar-refractivity contribution is 7.89. The zero-order valence-electron chi connectivity index (χ0n) is 11.7. The third kappa shape index (κ3) is 2.86. The van der Waals surface area contributed by atoms with Crippen LogP contribution < -0.4 is 5.14 Å². The number of carbonyl (C=O) groups excluding carboxylic acids is 1. The summed E-state index contributed by atoms with van der Waals surface area (Å²) in [5.74, 6) is -0.636. The van der Waals surface area contributed by atoms with E-state index in [9.17, 15) is 17.6 Å². The average Bonchev–Trinajstić information content (AvgIpc) is 2.91. The summed E-state index contributed by atoms with van der Waals surface area (Å²) in [6.45, 7) is 0.579. The number of likely N-dealkylation sites (tertiary alicyclic amines) is 1. The number of nitrogens with two attached hydrogens (primary N) is 1. The minimum absolute atomic E-state index is 0.0917. The second-order valence-corrected chi connectivity index (χ2v) is 8.30. The second kappa shape index (κ2) is 5.60. The van der Waals surface area contributed by atoms with Crippen LogP contribution in [0.25, 0.3) is 10.1 Å². The number of hydrogen-bond acceptors (Lipinski definition) is 4. The smallest absolute Gasteiger partial charge is 0.264 e. The lowest BCUT2D eigenvalue weighted by molar-refractivity contribution is 0.0732. The molecule has 2 heterocycles. The Kier molecular flexibility index (Phi) is 3.92. The van der Waals surface area contributed by atoms with Gasteiger partial charge in [-0.05, 0) is 31.0 Å². The Balaban J connectivity index is 1.87. The molecular weight excluding hydrogens is 327 g/mol. The van der Waals surface area contributed by atoms with E-state index in [1.165, 1.54) is 28.4 Å². The van der Waals surface area contributed by atoms with Crippen molar-refractivity contribution in [2.75, 3.05) is 13.1 Å². The number of halogens is 1. The Morgan fingerprint density at radius 2 is 2.18 bits per heavy atom. The number of primary sulfonamides is 1. The fourth-order valence-electron chi connectivity index (χ4n) is 2.68. The van der Waals surface area contributed by atoms with Gasteiger partial charge in [-0.15, -0.1) is 11.3 Å². The summed E-state index contributed by atoms with van der Waals surface area (Å²) in [7, 11) is -3.66. The number of carbonyl (C=O) groups is 1. The Morgan fingerprint density at radius 3 is 2.86 bits per heavy atom. The molecule has 0 radical (unpaired) electrons. The molecule has 5 nitrogen and oxygen atoms in total. The predicted molar refractivity (Wildman–Crippen MR) is 83.8 cm³/mol. The minimum atomic E-state index is -3.66. The molecule has 3 rings (SSSR count). The van der Waals surface area contributed by atoms with Crippen LogP contribution in [-0.2, 0) is 10.0 Å². The average molecular weight is 342 g/mol. The number of nitrogens with zero attached hydrogens (tertiary/aromatic N) is 1. The highest BCUT2D eigenvalue weighted by Gasteiger charge is 2.31. The van der Waals surface area contributed by atoms with Crippen molar-refractivity contribution in [3.63, 3.8) is 0 Å². The molecule has 118 valence electrons. The summed E-state index contributed by atoms with van der Waals surface area (Å²) in [6.07, 6.45) is 1.05. The van der Waals surface area contributed by atoms with E-state index in [-0.39, 0.29) is 18.3 Å². The van der Waals surface area contributed by atoms with Crippen LogP contribution >= 0.6 is 11.3 Å². The Bertz CT molecular complexity index is 832. The lowest BCUT2D eigenvalue weighted by Gasteiger charge is -2.31. The van der Waals surface area contributed by atoms with E-state index >= 15 is 0 Å². The topological polar surface area (TPSA) is 80.5 Å². The van der Waals surface area contributed by atoms with Gasteiger partial charge in [0, 0.05) is 23.2 Å². The van der Waals surface area contributed by atoms with Crippen LogP contribution in [0.2, 0.25) is 0 Å². The SMILES string of the molecule is NS(=O)(=O)C1CCCN(C(=O)c2cc3c(F)cccc3s2)C1. The van der Waals surface area contributed by atoms with Crippen molar-refractivity contribution in [1.29, 1.82) is 0 Å². The zero-order valence-corrected chi connectivity index (χ0v) is 13.3. The maximum absolute atomic E-state index is 13.7. The molecule has 0 saturated carbocycles. The number of piperidine rings is 1. The molecule has 1 unspecified atom stereocenters. The first kappa shape index (κ1) is 15.4. The van der Waals surface area contributed by atoms with Crippen molar-refractivity contribution in [2.24, 2.45) is 5.14 Å². The van der Waals surface area contributed by atoms with E-state index in [4.69, 9.17) is 5.14 Å². The number of rotatable bonds is 2. The van der Waals surface area contributed by atoms with Crippen LogP contribution in [0.5, 0.6) is 0 Å². The van der Waals surface area contributed by atoms with Gasteiger partial charge in [0.15, 0.2) is 0 Å². The number of sulfonamides is 1. The number of amides is 1. The lowest BCUT2D eigenvalue weighted by atomic mass is 10.1. The van der Waals surface area contributed by atoms with Gasteiger partial charge in [0.25, 0.3) is 5.91 Å². The maximum Gasteiger partial charge on any atom is 0.264 e. The van der Waals surface area contributed by atoms with Crippen LogP contribution in [0, 0.1) is 5.82 Å². The van der Waals surface area contributed by atoms with Gasteiger partial charge in [-0.3, -0.25) is 4.79 Å². The molecule has 1 aliphatic rings. The van der Waals surface area contributed by atoms with Crippen LogP contribution in [-0.4, -0.2) is 37.6 Å². The molecule has 1 aliphatic heterocycles. The van der Waals surface area contributed by atoms with Crippen molar-refractivity contribution in [3.05, 3.63) is 35.0 Å². The van der Waals surface area contributed by atoms with Crippen LogP contribution in [0.1, 0.15) is 22.5 Å². The molecule has 2 N–H and O–H groups in total. The van der Waals surface area contributed by atoms with Crippen molar-refractivity contribution in [1.82, 2.24) is 4.90 Å². The number of thiophene rings is 1. The van der Waals surface area contributed by atoms with E-state index in [2.05, 4.69) is 0 Å². The van der Waals surface area contributed by atoms with Gasteiger partial charge in [-0.2, -0.15) is 0 Å². The zero-order chi connectivity index (χ0) is 15.9. The predicted octanol–water partition coefficient (Wildman–Crippen LogP) is 1.93. The quantitative estimate of drug-likeness (QED) is 0.905. The van der Waals surface area contributed by atoms with Crippen molar-refractivity contribution < 1.29 is 17.6 Å². The Labute approximate surface area is 131 Å². The molecule has 0 spiro atoms. The first-order valence-corrected chi connectivity index (χ1v) is 9.28. The standard InChI is InChI=1S/C14H15FN2O3S2/c15-11-4-1-5-12-10(11)7-13(21-12)14(18)17-6-2-3-9(8-17)22(16,19)20/h1,4-5,7,9H,2-3,6,8H2,(H2,16,19,20). The molecule has 8 heteroatoms. The summed E-state index contributed by atoms with van der Waals surface area (Å²) >= 11 is 1.21. The van der Waals surface area contributed by atoms with Gasteiger partial charge in [-0.25, -0.2) is 17.9 Å². The third-order valence-electron chi connectivity index (χ3n) is 3.85. The van der Waals surface area contributed by atoms with Crippen molar-refractivity contribution in [2.45, 2.75) is 18.1 Å². The molecule has 0 bridgehead atoms. The van der Waals surface area contributed by atoms with E-state index < -0.39 is 15.3 Å². The van der Waals surface area contributed by atoms with E-state index in [0.29, 0.717) is 34.3 Å². The van der Waals surface area contributed by atoms with E-state index in [1.54, 1.807) is 12.1 Å². The summed E-state index contributed by atoms with van der Waals surface area (Å²) in [6, 6.07) is 6.23. The summed E-state index contributed by atoms with van der Waals surface area (Å²) in [4.78, 5) is 14.4. The molecule has 1 aromatic heterocycles. The van der Waals surface area contributed by atoms with Crippen LogP contribution in [0.15, 0.2) is 24.3 Å². The van der Waals surface area contributed by atoms with Gasteiger partial charge >= 0.3 is 0 Å². The highest BCUT2D eigenvalue weighted by atomic mass is 32.2. The fraction of sp³-hybridized carbons (Fsp3) is 0.357. The third-order valence-corrected chi connectivity index (χ3v) is 6.25. The minimum Gasteiger partial charge on any atom is -0.337 e. The lowest BCUT2D eigenvalue weighted by Crippen LogP contribution is -2.46. The maximum atomic E-state index is 13.7. The fourth-order valence-corrected chi connectivity index (χ4v) is 4.60. The molecule has 1 amide bonds. The number of fused-ring (bicyclic) bond motifs is 1. The molecule has 1 aromatic carbocycles. The largest absolute Gasteiger partial charge is 0.337 e. The molecule has 1 atom stereocenters. The summed E-state index contributed by atoms with van der Waals surface area (Å²) < 4.78 is 37.3. The van der Waals surface area contributed by atoms with Crippen molar-refractivity contribution in [3.8, 4) is 0 Å². The Morgan fingerprint density at radius 1 is 1.41 bits per heavy atom. The molecule has 2 aromatic rings. The van der Waals surface area contributed by atoms with Gasteiger partial charge in [0.2, 0.25) is 10.0 Å². The van der Waals surface area contributed by atoms with Gasteiger partial charge in [0.1, 0.15) is 5.82 Å². The number of benzene rings is 1. The Hall–Kier alpha value is -1.51. The summed E-state index contributed by atoms with van der Waals surface area (Å²) in [5.41, 5.74) is 0. The molecule has 1 saturated heterocycles. The first-order valence-electron chi connectivity index (χ1n) is 6.85. The van der Waals surface area contributed by atoms with E-state index in [1.807, 2.05) is 0 Å². The van der Waals surface area contributed by atoms with Gasteiger partial charge in [-0.1, -0.05) is 6.07 Å². The van der Waals surface area contributed by atoms with Crippen LogP contribution in [0.3, 0.4) is 0 Å². The molecule has 1 fully saturated rings. The van der Waals surface area contributed by atoms with Gasteiger partial charge < -0.3 is 4.90 Å². The molecule has 0 aliphatic carbocycles. The second-order valence-electron chi connectivity index (χ2n) is 5.37. The monoisotopic (exact) mass is 342 g/mol. The van der Waals surface area contributed by atoms with Crippen LogP contribution in [0.4, 0.5) is 4.39 Å². The number of hydrogen-bond donors (Lipinski definition) is 1. The van der Waals surface area contributed by atoms with Crippen molar-refractivity contribution >= 4 is 37.4 Å². The molecule has 22 heavy (non-hydrogen) atoms. The highest BCUT2D eigenvalue weighted by Crippen LogP contribution is 2.29. The normalized spacial score (nSPS) is 19.5. The van der Waals surface area contributed by atoms with E-state index in [0.717, 1.165) is 0 Å². The van der Waals surface area contributed by atoms with Gasteiger partial charge in [0.05, 0.1) is 10.1 Å². The molecular formula is C14H15FN2O3S2.